The number of ether oxygens (including phenoxy) is 2. The van der Waals surface area contributed by atoms with Crippen LogP contribution in [0.3, 0.4) is 0 Å². The molecule has 0 aromatic heterocycles. The van der Waals surface area contributed by atoms with Crippen LogP contribution in [0.4, 0.5) is 0 Å². The quantitative estimate of drug-likeness (QED) is 0.833. The van der Waals surface area contributed by atoms with E-state index in [0.29, 0.717) is 31.8 Å². The van der Waals surface area contributed by atoms with Crippen LogP contribution < -0.4 is 10.1 Å². The fourth-order valence-electron chi connectivity index (χ4n) is 2.65. The highest BCUT2D eigenvalue weighted by Crippen LogP contribution is 2.30. The molecule has 0 saturated carbocycles. The number of carbonyl (C=O) groups excluding carboxylic acids is 1. The molecular weight excluding hydrogens is 298 g/mol. The van der Waals surface area contributed by atoms with E-state index in [0.717, 1.165) is 11.1 Å². The van der Waals surface area contributed by atoms with Crippen molar-refractivity contribution in [1.29, 1.82) is 0 Å². The average Bonchev–Trinajstić information content (AvgIpc) is 2.53. The Hall–Kier alpha value is -2.08. The molecule has 1 amide bonds. The first-order valence-corrected chi connectivity index (χ1v) is 7.71. The number of benzene rings is 1. The Kier molecular flexibility index (Phi) is 5.60. The predicted molar refractivity (Wildman–Crippen MR) is 84.5 cm³/mol. The van der Waals surface area contributed by atoms with Crippen LogP contribution in [0, 0.1) is 19.3 Å². The van der Waals surface area contributed by atoms with Crippen molar-refractivity contribution < 1.29 is 24.2 Å². The predicted octanol–water partition coefficient (Wildman–Crippen LogP) is 1.68. The zero-order chi connectivity index (χ0) is 16.9. The zero-order valence-electron chi connectivity index (χ0n) is 13.6. The highest BCUT2D eigenvalue weighted by atomic mass is 16.5. The molecule has 0 bridgehead atoms. The number of hydrogen-bond donors (Lipinski definition) is 2. The number of rotatable bonds is 6. The highest BCUT2D eigenvalue weighted by Gasteiger charge is 2.40. The maximum atomic E-state index is 11.9. The van der Waals surface area contributed by atoms with Crippen molar-refractivity contribution in [2.75, 3.05) is 26.4 Å². The normalized spacial score (nSPS) is 16.6. The maximum absolute atomic E-state index is 11.9. The van der Waals surface area contributed by atoms with Crippen LogP contribution >= 0.6 is 0 Å². The monoisotopic (exact) mass is 321 g/mol. The number of amides is 1. The van der Waals surface area contributed by atoms with E-state index in [1.54, 1.807) is 0 Å². The van der Waals surface area contributed by atoms with Gasteiger partial charge in [-0.1, -0.05) is 17.7 Å². The Morgan fingerprint density at radius 1 is 1.30 bits per heavy atom. The van der Waals surface area contributed by atoms with Crippen LogP contribution in [-0.4, -0.2) is 43.3 Å². The fraction of sp³-hybridized carbons (Fsp3) is 0.529. The number of aliphatic carboxylic acids is 1. The molecule has 1 fully saturated rings. The van der Waals surface area contributed by atoms with Crippen LogP contribution in [0.5, 0.6) is 5.75 Å². The summed E-state index contributed by atoms with van der Waals surface area (Å²) in [5.74, 6) is -0.557. The number of carbonyl (C=O) groups is 2. The standard InChI is InChI=1S/C17H23NO5/c1-12-3-4-14(13(2)9-12)23-10-15(19)18-11-17(16(20)21)5-7-22-8-6-17/h3-4,9H,5-8,10-11H2,1-2H3,(H,18,19)(H,20,21). The molecule has 6 heteroatoms. The van der Waals surface area contributed by atoms with Gasteiger partial charge < -0.3 is 19.9 Å². The second-order valence-corrected chi connectivity index (χ2v) is 6.03. The molecule has 23 heavy (non-hydrogen) atoms. The number of carboxylic acids is 1. The van der Waals surface area contributed by atoms with Gasteiger partial charge in [0, 0.05) is 19.8 Å². The average molecular weight is 321 g/mol. The van der Waals surface area contributed by atoms with E-state index >= 15 is 0 Å². The lowest BCUT2D eigenvalue weighted by Crippen LogP contribution is -2.47. The molecule has 126 valence electrons. The minimum Gasteiger partial charge on any atom is -0.484 e. The van der Waals surface area contributed by atoms with E-state index in [4.69, 9.17) is 9.47 Å². The lowest BCUT2D eigenvalue weighted by Gasteiger charge is -2.33. The molecule has 2 rings (SSSR count). The van der Waals surface area contributed by atoms with Crippen molar-refractivity contribution in [2.45, 2.75) is 26.7 Å². The Balaban J connectivity index is 1.85. The van der Waals surface area contributed by atoms with Gasteiger partial charge in [-0.3, -0.25) is 9.59 Å². The van der Waals surface area contributed by atoms with Gasteiger partial charge in [0.25, 0.3) is 5.91 Å². The number of carboxylic acid groups (broad SMARTS) is 1. The summed E-state index contributed by atoms with van der Waals surface area (Å²) in [6, 6.07) is 5.73. The summed E-state index contributed by atoms with van der Waals surface area (Å²) in [4.78, 5) is 23.4. The third-order valence-corrected chi connectivity index (χ3v) is 4.22. The minimum atomic E-state index is -0.937. The first-order chi connectivity index (χ1) is 10.9. The van der Waals surface area contributed by atoms with E-state index in [1.165, 1.54) is 0 Å². The van der Waals surface area contributed by atoms with E-state index in [2.05, 4.69) is 5.32 Å². The first kappa shape index (κ1) is 17.3. The van der Waals surface area contributed by atoms with Crippen LogP contribution in [0.2, 0.25) is 0 Å². The van der Waals surface area contributed by atoms with Crippen LogP contribution in [0.1, 0.15) is 24.0 Å². The molecule has 1 aliphatic rings. The van der Waals surface area contributed by atoms with Gasteiger partial charge in [-0.2, -0.15) is 0 Å². The van der Waals surface area contributed by atoms with Gasteiger partial charge in [0.1, 0.15) is 5.75 Å². The van der Waals surface area contributed by atoms with Gasteiger partial charge in [0.2, 0.25) is 0 Å². The maximum Gasteiger partial charge on any atom is 0.311 e. The number of nitrogens with one attached hydrogen (secondary N) is 1. The third kappa shape index (κ3) is 4.45. The minimum absolute atomic E-state index is 0.0980. The Labute approximate surface area is 135 Å². The molecule has 0 aliphatic carbocycles. The summed E-state index contributed by atoms with van der Waals surface area (Å²) in [6.45, 7) is 4.68. The molecule has 1 aliphatic heterocycles. The molecule has 0 spiro atoms. The van der Waals surface area contributed by atoms with Gasteiger partial charge in [-0.05, 0) is 38.3 Å². The molecule has 1 heterocycles. The summed E-state index contributed by atoms with van der Waals surface area (Å²) >= 11 is 0. The molecule has 0 unspecified atom stereocenters. The molecule has 1 aromatic carbocycles. The number of hydrogen-bond acceptors (Lipinski definition) is 4. The van der Waals surface area contributed by atoms with Crippen LogP contribution in [0.15, 0.2) is 18.2 Å². The summed E-state index contributed by atoms with van der Waals surface area (Å²) in [5, 5.41) is 12.1. The molecule has 0 atom stereocenters. The number of aryl methyl sites for hydroxylation is 2. The van der Waals surface area contributed by atoms with Gasteiger partial charge in [0.05, 0.1) is 5.41 Å². The van der Waals surface area contributed by atoms with Gasteiger partial charge in [-0.15, -0.1) is 0 Å². The zero-order valence-corrected chi connectivity index (χ0v) is 13.6. The second kappa shape index (κ2) is 7.46. The summed E-state index contributed by atoms with van der Waals surface area (Å²) in [6.07, 6.45) is 0.807. The van der Waals surface area contributed by atoms with Crippen molar-refractivity contribution in [3.05, 3.63) is 29.3 Å². The Morgan fingerprint density at radius 2 is 2.00 bits per heavy atom. The van der Waals surface area contributed by atoms with Crippen molar-refractivity contribution in [1.82, 2.24) is 5.32 Å². The van der Waals surface area contributed by atoms with E-state index in [1.807, 2.05) is 32.0 Å². The molecular formula is C17H23NO5. The Bertz CT molecular complexity index is 578. The van der Waals surface area contributed by atoms with E-state index in [9.17, 15) is 14.7 Å². The lowest BCUT2D eigenvalue weighted by molar-refractivity contribution is -0.154. The molecule has 0 radical (unpaired) electrons. The second-order valence-electron chi connectivity index (χ2n) is 6.03. The SMILES string of the molecule is Cc1ccc(OCC(=O)NCC2(C(=O)O)CCOCC2)c(C)c1. The van der Waals surface area contributed by atoms with Crippen LogP contribution in [-0.2, 0) is 14.3 Å². The first-order valence-electron chi connectivity index (χ1n) is 7.71. The third-order valence-electron chi connectivity index (χ3n) is 4.22. The molecule has 1 saturated heterocycles. The van der Waals surface area contributed by atoms with Crippen molar-refractivity contribution in [3.63, 3.8) is 0 Å². The van der Waals surface area contributed by atoms with E-state index < -0.39 is 11.4 Å². The molecule has 1 aromatic rings. The summed E-state index contributed by atoms with van der Waals surface area (Å²) < 4.78 is 10.7. The largest absolute Gasteiger partial charge is 0.484 e. The molecule has 2 N–H and O–H groups in total. The topological polar surface area (TPSA) is 84.9 Å². The van der Waals surface area contributed by atoms with Crippen molar-refractivity contribution >= 4 is 11.9 Å². The van der Waals surface area contributed by atoms with Crippen LogP contribution in [0.25, 0.3) is 0 Å². The van der Waals surface area contributed by atoms with Gasteiger partial charge in [0.15, 0.2) is 6.61 Å². The lowest BCUT2D eigenvalue weighted by atomic mass is 9.80. The van der Waals surface area contributed by atoms with Crippen molar-refractivity contribution in [3.8, 4) is 5.75 Å². The Morgan fingerprint density at radius 3 is 2.61 bits per heavy atom. The van der Waals surface area contributed by atoms with E-state index in [-0.39, 0.29) is 19.1 Å². The van der Waals surface area contributed by atoms with Gasteiger partial charge >= 0.3 is 5.97 Å². The summed E-state index contributed by atoms with van der Waals surface area (Å²) in [5.41, 5.74) is 1.15. The van der Waals surface area contributed by atoms with Gasteiger partial charge in [-0.25, -0.2) is 0 Å². The molecule has 6 nitrogen and oxygen atoms in total. The van der Waals surface area contributed by atoms with Crippen molar-refractivity contribution in [2.24, 2.45) is 5.41 Å². The smallest absolute Gasteiger partial charge is 0.311 e. The summed E-state index contributed by atoms with van der Waals surface area (Å²) in [7, 11) is 0. The highest BCUT2D eigenvalue weighted by molar-refractivity contribution is 5.80. The fourth-order valence-corrected chi connectivity index (χ4v) is 2.65.